The number of carbonyl (C=O) groups is 2. The van der Waals surface area contributed by atoms with E-state index in [9.17, 15) is 9.59 Å². The first kappa shape index (κ1) is 19.9. The van der Waals surface area contributed by atoms with E-state index in [1.54, 1.807) is 4.90 Å². The van der Waals surface area contributed by atoms with E-state index in [0.29, 0.717) is 32.4 Å². The number of piperidine rings is 1. The molecule has 1 rings (SSSR count). The predicted molar refractivity (Wildman–Crippen MR) is 90.9 cm³/mol. The normalized spacial score (nSPS) is 20.6. The molecule has 0 bridgehead atoms. The molecule has 0 aromatic heterocycles. The number of carbonyl (C=O) groups excluding carboxylic acids is 2. The van der Waals surface area contributed by atoms with Crippen molar-refractivity contribution in [2.24, 2.45) is 5.73 Å². The molecule has 23 heavy (non-hydrogen) atoms. The molecule has 134 valence electrons. The zero-order chi connectivity index (χ0) is 17.8. The minimum atomic E-state index is -0.550. The average Bonchev–Trinajstić information content (AvgIpc) is 2.33. The summed E-state index contributed by atoms with van der Waals surface area (Å²) in [6.45, 7) is 12.8. The van der Waals surface area contributed by atoms with Crippen molar-refractivity contribution in [1.29, 1.82) is 0 Å². The van der Waals surface area contributed by atoms with E-state index in [0.717, 1.165) is 0 Å². The summed E-state index contributed by atoms with van der Waals surface area (Å²) in [7, 11) is 0. The molecule has 0 saturated carbocycles. The monoisotopic (exact) mass is 327 g/mol. The molecule has 0 aromatic rings. The standard InChI is InChI=1S/C17H33N3O3/c1-12(2)23-9-7-8-19-14(21)15(22)20-16(3,4)10-13(18)11-17(20,5)6/h12-13H,7-11,18H2,1-6H3,(H,19,21). The summed E-state index contributed by atoms with van der Waals surface area (Å²) in [6.07, 6.45) is 2.25. The van der Waals surface area contributed by atoms with Crippen LogP contribution in [0, 0.1) is 0 Å². The Kier molecular flexibility index (Phi) is 6.59. The van der Waals surface area contributed by atoms with E-state index >= 15 is 0 Å². The van der Waals surface area contributed by atoms with Crippen LogP contribution in [0.25, 0.3) is 0 Å². The number of ether oxygens (including phenoxy) is 1. The van der Waals surface area contributed by atoms with Crippen LogP contribution in [0.15, 0.2) is 0 Å². The number of likely N-dealkylation sites (tertiary alicyclic amines) is 1. The Balaban J connectivity index is 2.62. The third kappa shape index (κ3) is 5.46. The molecule has 0 aromatic carbocycles. The number of nitrogens with one attached hydrogen (secondary N) is 1. The number of rotatable bonds is 5. The molecule has 1 aliphatic heterocycles. The van der Waals surface area contributed by atoms with Crippen molar-refractivity contribution in [3.8, 4) is 0 Å². The highest BCUT2D eigenvalue weighted by atomic mass is 16.5. The van der Waals surface area contributed by atoms with Crippen molar-refractivity contribution in [2.45, 2.75) is 84.0 Å². The molecule has 3 N–H and O–H groups in total. The van der Waals surface area contributed by atoms with Crippen LogP contribution in [0.4, 0.5) is 0 Å². The van der Waals surface area contributed by atoms with Gasteiger partial charge in [0.15, 0.2) is 0 Å². The number of hydrogen-bond donors (Lipinski definition) is 2. The predicted octanol–water partition coefficient (Wildman–Crippen LogP) is 1.42. The van der Waals surface area contributed by atoms with Gasteiger partial charge in [-0.05, 0) is 60.8 Å². The number of nitrogens with two attached hydrogens (primary N) is 1. The molecular formula is C17H33N3O3. The summed E-state index contributed by atoms with van der Waals surface area (Å²) in [4.78, 5) is 26.6. The van der Waals surface area contributed by atoms with Crippen molar-refractivity contribution in [1.82, 2.24) is 10.2 Å². The molecule has 0 aliphatic carbocycles. The lowest BCUT2D eigenvalue weighted by atomic mass is 9.77. The first-order valence-corrected chi connectivity index (χ1v) is 8.47. The zero-order valence-corrected chi connectivity index (χ0v) is 15.4. The van der Waals surface area contributed by atoms with E-state index in [2.05, 4.69) is 5.32 Å². The third-order valence-corrected chi connectivity index (χ3v) is 4.19. The van der Waals surface area contributed by atoms with Crippen LogP contribution in [0.2, 0.25) is 0 Å². The maximum absolute atomic E-state index is 12.6. The summed E-state index contributed by atoms with van der Waals surface area (Å²) in [5, 5.41) is 2.70. The van der Waals surface area contributed by atoms with Gasteiger partial charge in [-0.1, -0.05) is 0 Å². The number of hydrogen-bond acceptors (Lipinski definition) is 4. The Morgan fingerprint density at radius 3 is 2.22 bits per heavy atom. The minimum Gasteiger partial charge on any atom is -0.379 e. The molecule has 0 spiro atoms. The molecule has 1 fully saturated rings. The van der Waals surface area contributed by atoms with Gasteiger partial charge in [-0.25, -0.2) is 0 Å². The van der Waals surface area contributed by atoms with Crippen molar-refractivity contribution in [3.63, 3.8) is 0 Å². The highest BCUT2D eigenvalue weighted by Crippen LogP contribution is 2.37. The lowest BCUT2D eigenvalue weighted by molar-refractivity contribution is -0.159. The summed E-state index contributed by atoms with van der Waals surface area (Å²) in [5.41, 5.74) is 5.24. The van der Waals surface area contributed by atoms with Crippen LogP contribution >= 0.6 is 0 Å². The smallest absolute Gasteiger partial charge is 0.312 e. The summed E-state index contributed by atoms with van der Waals surface area (Å²) in [6, 6.07) is 0.0419. The molecule has 0 atom stereocenters. The van der Waals surface area contributed by atoms with E-state index in [4.69, 9.17) is 10.5 Å². The molecular weight excluding hydrogens is 294 g/mol. The number of amides is 2. The molecule has 2 amide bonds. The molecule has 0 radical (unpaired) electrons. The van der Waals surface area contributed by atoms with Gasteiger partial charge in [-0.2, -0.15) is 0 Å². The lowest BCUT2D eigenvalue weighted by Gasteiger charge is -2.54. The van der Waals surface area contributed by atoms with Crippen LogP contribution in [0.1, 0.15) is 60.8 Å². The van der Waals surface area contributed by atoms with E-state index < -0.39 is 22.9 Å². The Morgan fingerprint density at radius 1 is 1.22 bits per heavy atom. The van der Waals surface area contributed by atoms with E-state index in [1.807, 2.05) is 41.5 Å². The van der Waals surface area contributed by atoms with Gasteiger partial charge in [0.2, 0.25) is 0 Å². The molecule has 1 saturated heterocycles. The van der Waals surface area contributed by atoms with Gasteiger partial charge in [0.25, 0.3) is 0 Å². The fourth-order valence-corrected chi connectivity index (χ4v) is 3.68. The molecule has 6 nitrogen and oxygen atoms in total. The molecule has 6 heteroatoms. The quantitative estimate of drug-likeness (QED) is 0.591. The summed E-state index contributed by atoms with van der Waals surface area (Å²) < 4.78 is 5.42. The topological polar surface area (TPSA) is 84.7 Å². The van der Waals surface area contributed by atoms with Crippen LogP contribution in [-0.2, 0) is 14.3 Å². The van der Waals surface area contributed by atoms with Gasteiger partial charge in [-0.15, -0.1) is 0 Å². The highest BCUT2D eigenvalue weighted by molar-refractivity contribution is 6.35. The minimum absolute atomic E-state index is 0.0419. The van der Waals surface area contributed by atoms with Crippen molar-refractivity contribution >= 4 is 11.8 Å². The Hall–Kier alpha value is -1.14. The van der Waals surface area contributed by atoms with Crippen LogP contribution in [0.5, 0.6) is 0 Å². The van der Waals surface area contributed by atoms with Gasteiger partial charge in [0.1, 0.15) is 0 Å². The van der Waals surface area contributed by atoms with Crippen LogP contribution in [-0.4, -0.2) is 53.1 Å². The Morgan fingerprint density at radius 2 is 1.74 bits per heavy atom. The highest BCUT2D eigenvalue weighted by Gasteiger charge is 2.48. The second kappa shape index (κ2) is 7.62. The fraction of sp³-hybridized carbons (Fsp3) is 0.882. The van der Waals surface area contributed by atoms with Crippen LogP contribution in [0.3, 0.4) is 0 Å². The Labute approximate surface area is 140 Å². The molecule has 1 heterocycles. The fourth-order valence-electron chi connectivity index (χ4n) is 3.68. The maximum atomic E-state index is 12.6. The average molecular weight is 327 g/mol. The molecule has 0 unspecified atom stereocenters. The lowest BCUT2D eigenvalue weighted by Crippen LogP contribution is -2.67. The summed E-state index contributed by atoms with van der Waals surface area (Å²) >= 11 is 0. The van der Waals surface area contributed by atoms with Gasteiger partial charge in [0, 0.05) is 30.3 Å². The first-order valence-electron chi connectivity index (χ1n) is 8.47. The van der Waals surface area contributed by atoms with Gasteiger partial charge < -0.3 is 20.7 Å². The zero-order valence-electron chi connectivity index (χ0n) is 15.4. The Bertz CT molecular complexity index is 415. The first-order chi connectivity index (χ1) is 10.5. The van der Waals surface area contributed by atoms with Crippen molar-refractivity contribution in [2.75, 3.05) is 13.2 Å². The van der Waals surface area contributed by atoms with E-state index in [1.165, 1.54) is 0 Å². The van der Waals surface area contributed by atoms with Crippen molar-refractivity contribution < 1.29 is 14.3 Å². The SMILES string of the molecule is CC(C)OCCCNC(=O)C(=O)N1C(C)(C)CC(N)CC1(C)C. The summed E-state index contributed by atoms with van der Waals surface area (Å²) in [5.74, 6) is -1.03. The number of nitrogens with zero attached hydrogens (tertiary/aromatic N) is 1. The van der Waals surface area contributed by atoms with Gasteiger partial charge in [-0.3, -0.25) is 9.59 Å². The van der Waals surface area contributed by atoms with E-state index in [-0.39, 0.29) is 12.1 Å². The second-order valence-corrected chi connectivity index (χ2v) is 7.96. The largest absolute Gasteiger partial charge is 0.379 e. The van der Waals surface area contributed by atoms with Crippen molar-refractivity contribution in [3.05, 3.63) is 0 Å². The van der Waals surface area contributed by atoms with Gasteiger partial charge in [0.05, 0.1) is 6.10 Å². The van der Waals surface area contributed by atoms with Gasteiger partial charge >= 0.3 is 11.8 Å². The third-order valence-electron chi connectivity index (χ3n) is 4.19. The second-order valence-electron chi connectivity index (χ2n) is 7.96. The maximum Gasteiger partial charge on any atom is 0.312 e. The molecule has 1 aliphatic rings. The van der Waals surface area contributed by atoms with Crippen LogP contribution < -0.4 is 11.1 Å².